The van der Waals surface area contributed by atoms with Gasteiger partial charge in [-0.05, 0) is 47.4 Å². The third kappa shape index (κ3) is 4.10. The first-order chi connectivity index (χ1) is 12.0. The van der Waals surface area contributed by atoms with Gasteiger partial charge in [0.05, 0.1) is 6.42 Å². The molecule has 3 aromatic rings. The molecule has 3 N–H and O–H groups in total. The minimum Gasteiger partial charge on any atom is -0.504 e. The number of benzene rings is 3. The van der Waals surface area contributed by atoms with Gasteiger partial charge in [0, 0.05) is 6.04 Å². The summed E-state index contributed by atoms with van der Waals surface area (Å²) in [7, 11) is 0. The van der Waals surface area contributed by atoms with Gasteiger partial charge in [-0.15, -0.1) is 0 Å². The van der Waals surface area contributed by atoms with Crippen molar-refractivity contribution in [2.24, 2.45) is 0 Å². The van der Waals surface area contributed by atoms with Crippen LogP contribution >= 0.6 is 0 Å². The second-order valence-electron chi connectivity index (χ2n) is 6.31. The molecule has 4 heteroatoms. The lowest BCUT2D eigenvalue weighted by Crippen LogP contribution is -2.35. The van der Waals surface area contributed by atoms with Crippen molar-refractivity contribution in [2.45, 2.75) is 25.8 Å². The van der Waals surface area contributed by atoms with Gasteiger partial charge in [-0.25, -0.2) is 0 Å². The molecule has 0 unspecified atom stereocenters. The predicted molar refractivity (Wildman–Crippen MR) is 98.7 cm³/mol. The van der Waals surface area contributed by atoms with Crippen molar-refractivity contribution in [3.8, 4) is 11.5 Å². The van der Waals surface area contributed by atoms with Gasteiger partial charge in [-0.2, -0.15) is 0 Å². The lowest BCUT2D eigenvalue weighted by molar-refractivity contribution is -0.121. The van der Waals surface area contributed by atoms with Gasteiger partial charge in [0.1, 0.15) is 0 Å². The molecule has 0 radical (unpaired) electrons. The van der Waals surface area contributed by atoms with Crippen molar-refractivity contribution in [3.05, 3.63) is 71.8 Å². The van der Waals surface area contributed by atoms with E-state index < -0.39 is 0 Å². The van der Waals surface area contributed by atoms with Gasteiger partial charge in [0.15, 0.2) is 11.5 Å². The maximum atomic E-state index is 12.4. The zero-order valence-electron chi connectivity index (χ0n) is 14.1. The van der Waals surface area contributed by atoms with E-state index in [0.29, 0.717) is 12.8 Å². The number of carbonyl (C=O) groups is 1. The summed E-state index contributed by atoms with van der Waals surface area (Å²) in [6.45, 7) is 1.92. The Hall–Kier alpha value is -3.01. The van der Waals surface area contributed by atoms with Gasteiger partial charge in [0.2, 0.25) is 5.91 Å². The highest BCUT2D eigenvalue weighted by Gasteiger charge is 2.11. The molecule has 4 nitrogen and oxygen atoms in total. The zero-order chi connectivity index (χ0) is 17.8. The van der Waals surface area contributed by atoms with Crippen LogP contribution in [0.15, 0.2) is 60.7 Å². The summed E-state index contributed by atoms with van der Waals surface area (Å²) in [5, 5.41) is 24.1. The van der Waals surface area contributed by atoms with E-state index in [1.807, 2.05) is 49.4 Å². The van der Waals surface area contributed by atoms with Crippen molar-refractivity contribution < 1.29 is 15.0 Å². The normalized spacial score (nSPS) is 12.0. The van der Waals surface area contributed by atoms with E-state index >= 15 is 0 Å². The summed E-state index contributed by atoms with van der Waals surface area (Å²) >= 11 is 0. The predicted octanol–water partition coefficient (Wildman–Crippen LogP) is 3.54. The molecule has 3 aromatic carbocycles. The van der Waals surface area contributed by atoms with E-state index in [4.69, 9.17) is 0 Å². The van der Waals surface area contributed by atoms with Gasteiger partial charge in [-0.3, -0.25) is 4.79 Å². The first kappa shape index (κ1) is 16.8. The Bertz CT molecular complexity index is 899. The number of fused-ring (bicyclic) bond motifs is 1. The number of phenolic OH excluding ortho intramolecular Hbond substituents is 2. The molecule has 1 atom stereocenters. The molecule has 3 rings (SSSR count). The molecule has 0 spiro atoms. The summed E-state index contributed by atoms with van der Waals surface area (Å²) in [5.74, 6) is -0.324. The van der Waals surface area contributed by atoms with Gasteiger partial charge in [0.25, 0.3) is 0 Å². The van der Waals surface area contributed by atoms with Gasteiger partial charge < -0.3 is 15.5 Å². The Morgan fingerprint density at radius 2 is 1.76 bits per heavy atom. The Kier molecular flexibility index (Phi) is 4.89. The van der Waals surface area contributed by atoms with Crippen LogP contribution in [0.4, 0.5) is 0 Å². The fraction of sp³-hybridized carbons (Fsp3) is 0.190. The summed E-state index contributed by atoms with van der Waals surface area (Å²) < 4.78 is 0. The number of amides is 1. The van der Waals surface area contributed by atoms with Crippen LogP contribution in [-0.4, -0.2) is 22.2 Å². The van der Waals surface area contributed by atoms with Crippen LogP contribution in [0.5, 0.6) is 11.5 Å². The maximum Gasteiger partial charge on any atom is 0.224 e. The smallest absolute Gasteiger partial charge is 0.224 e. The number of phenols is 2. The fourth-order valence-corrected chi connectivity index (χ4v) is 3.05. The van der Waals surface area contributed by atoms with Crippen LogP contribution < -0.4 is 5.32 Å². The van der Waals surface area contributed by atoms with E-state index in [9.17, 15) is 15.0 Å². The average Bonchev–Trinajstić information content (AvgIpc) is 2.58. The monoisotopic (exact) mass is 335 g/mol. The SMILES string of the molecule is C[C@@H](Cc1ccc(O)c(O)c1)NC(=O)Cc1cccc2ccccc12. The molecule has 128 valence electrons. The van der Waals surface area contributed by atoms with Crippen molar-refractivity contribution >= 4 is 16.7 Å². The van der Waals surface area contributed by atoms with E-state index in [0.717, 1.165) is 21.9 Å². The molecule has 0 saturated carbocycles. The molecule has 0 aliphatic carbocycles. The second kappa shape index (κ2) is 7.26. The second-order valence-corrected chi connectivity index (χ2v) is 6.31. The van der Waals surface area contributed by atoms with E-state index in [-0.39, 0.29) is 23.4 Å². The highest BCUT2D eigenvalue weighted by molar-refractivity contribution is 5.90. The number of hydrogen-bond donors (Lipinski definition) is 3. The fourth-order valence-electron chi connectivity index (χ4n) is 3.05. The lowest BCUT2D eigenvalue weighted by atomic mass is 10.0. The third-order valence-electron chi connectivity index (χ3n) is 4.22. The minimum absolute atomic E-state index is 0.0353. The first-order valence-corrected chi connectivity index (χ1v) is 8.30. The van der Waals surface area contributed by atoms with Crippen LogP contribution in [0.1, 0.15) is 18.1 Å². The Labute approximate surface area is 146 Å². The zero-order valence-corrected chi connectivity index (χ0v) is 14.1. The van der Waals surface area contributed by atoms with Gasteiger partial charge >= 0.3 is 0 Å². The number of nitrogens with one attached hydrogen (secondary N) is 1. The largest absolute Gasteiger partial charge is 0.504 e. The molecule has 0 aliphatic rings. The van der Waals surface area contributed by atoms with E-state index in [1.165, 1.54) is 12.1 Å². The Balaban J connectivity index is 1.64. The molecular weight excluding hydrogens is 314 g/mol. The molecule has 0 fully saturated rings. The molecule has 0 aromatic heterocycles. The lowest BCUT2D eigenvalue weighted by Gasteiger charge is -2.15. The Morgan fingerprint density at radius 1 is 1.00 bits per heavy atom. The molecule has 0 heterocycles. The minimum atomic E-state index is -0.146. The van der Waals surface area contributed by atoms with Crippen LogP contribution in [0.3, 0.4) is 0 Å². The topological polar surface area (TPSA) is 69.6 Å². The Morgan fingerprint density at radius 3 is 2.56 bits per heavy atom. The van der Waals surface area contributed by atoms with Crippen molar-refractivity contribution in [2.75, 3.05) is 0 Å². The molecule has 0 bridgehead atoms. The average molecular weight is 335 g/mol. The van der Waals surface area contributed by atoms with Crippen molar-refractivity contribution in [1.82, 2.24) is 5.32 Å². The quantitative estimate of drug-likeness (QED) is 0.625. The summed E-state index contributed by atoms with van der Waals surface area (Å²) in [5.41, 5.74) is 1.86. The summed E-state index contributed by atoms with van der Waals surface area (Å²) in [4.78, 5) is 12.4. The molecule has 25 heavy (non-hydrogen) atoms. The van der Waals surface area contributed by atoms with Crippen LogP contribution in [0, 0.1) is 0 Å². The summed E-state index contributed by atoms with van der Waals surface area (Å²) in [6.07, 6.45) is 0.904. The molecule has 0 aliphatic heterocycles. The van der Waals surface area contributed by atoms with Crippen molar-refractivity contribution in [1.29, 1.82) is 0 Å². The molecular formula is C21H21NO3. The molecule has 1 amide bonds. The highest BCUT2D eigenvalue weighted by Crippen LogP contribution is 2.25. The van der Waals surface area contributed by atoms with Gasteiger partial charge in [-0.1, -0.05) is 48.5 Å². The number of carbonyl (C=O) groups excluding carboxylic acids is 1. The standard InChI is InChI=1S/C21H21NO3/c1-14(11-15-9-10-19(23)20(24)12-15)22-21(25)13-17-7-4-6-16-5-2-3-8-18(16)17/h2-10,12,14,23-24H,11,13H2,1H3,(H,22,25)/t14-/m0/s1. The number of hydrogen-bond acceptors (Lipinski definition) is 3. The maximum absolute atomic E-state index is 12.4. The molecule has 0 saturated heterocycles. The highest BCUT2D eigenvalue weighted by atomic mass is 16.3. The first-order valence-electron chi connectivity index (χ1n) is 8.30. The third-order valence-corrected chi connectivity index (χ3v) is 4.22. The van der Waals surface area contributed by atoms with E-state index in [2.05, 4.69) is 5.32 Å². The van der Waals surface area contributed by atoms with E-state index in [1.54, 1.807) is 6.07 Å². The number of aromatic hydroxyl groups is 2. The van der Waals surface area contributed by atoms with Crippen LogP contribution in [0.2, 0.25) is 0 Å². The van der Waals surface area contributed by atoms with Crippen molar-refractivity contribution in [3.63, 3.8) is 0 Å². The van der Waals surface area contributed by atoms with Crippen LogP contribution in [-0.2, 0) is 17.6 Å². The summed E-state index contributed by atoms with van der Waals surface area (Å²) in [6, 6.07) is 18.6. The number of rotatable bonds is 5. The van der Waals surface area contributed by atoms with Crippen LogP contribution in [0.25, 0.3) is 10.8 Å².